The summed E-state index contributed by atoms with van der Waals surface area (Å²) in [6.45, 7) is 12.0. The monoisotopic (exact) mass is 658 g/mol. The van der Waals surface area contributed by atoms with Gasteiger partial charge in [0.15, 0.2) is 0 Å². The molecule has 0 atom stereocenters. The molecule has 1 aromatic carbocycles. The van der Waals surface area contributed by atoms with Gasteiger partial charge in [-0.3, -0.25) is 4.72 Å². The van der Waals surface area contributed by atoms with Crippen LogP contribution in [0.3, 0.4) is 0 Å². The van der Waals surface area contributed by atoms with Crippen LogP contribution in [0.5, 0.6) is 5.75 Å². The number of ether oxygens (including phenoxy) is 1. The largest absolute Gasteiger partial charge is 0.496 e. The molecular formula is C32H43ClN6O3S2. The van der Waals surface area contributed by atoms with Gasteiger partial charge in [-0.15, -0.1) is 11.3 Å². The number of thiophene rings is 1. The van der Waals surface area contributed by atoms with Gasteiger partial charge in [0.1, 0.15) is 11.5 Å². The molecule has 3 aromatic rings. The predicted molar refractivity (Wildman–Crippen MR) is 186 cm³/mol. The SMILES string of the molecule is CCCCCCCCS(=O)(=O)Nc1ccc(OC)c(C2=NC(n3nc(C)c(Cl)c3C)=NC2=Cc2ccc(N(CC)CC)s2)c1. The highest BCUT2D eigenvalue weighted by Gasteiger charge is 2.26. The van der Waals surface area contributed by atoms with Crippen molar-refractivity contribution in [3.63, 3.8) is 0 Å². The van der Waals surface area contributed by atoms with Crippen LogP contribution in [0.15, 0.2) is 46.0 Å². The van der Waals surface area contributed by atoms with Gasteiger partial charge in [-0.25, -0.2) is 23.1 Å². The summed E-state index contributed by atoms with van der Waals surface area (Å²) in [5, 5.41) is 6.30. The summed E-state index contributed by atoms with van der Waals surface area (Å²) in [6, 6.07) is 9.40. The number of hydrogen-bond acceptors (Lipinski definition) is 8. The Hall–Kier alpha value is -3.15. The summed E-state index contributed by atoms with van der Waals surface area (Å²) in [7, 11) is -1.95. The van der Waals surface area contributed by atoms with E-state index in [4.69, 9.17) is 26.3 Å². The Morgan fingerprint density at radius 2 is 1.75 bits per heavy atom. The van der Waals surface area contributed by atoms with Crippen LogP contribution in [-0.2, 0) is 10.0 Å². The van der Waals surface area contributed by atoms with Crippen molar-refractivity contribution in [2.75, 3.05) is 35.6 Å². The number of unbranched alkanes of at least 4 members (excludes halogenated alkanes) is 5. The van der Waals surface area contributed by atoms with Gasteiger partial charge in [0.2, 0.25) is 10.0 Å². The zero-order valence-electron chi connectivity index (χ0n) is 26.5. The van der Waals surface area contributed by atoms with Gasteiger partial charge >= 0.3 is 0 Å². The number of allylic oxidation sites excluding steroid dienone is 1. The van der Waals surface area contributed by atoms with E-state index in [0.717, 1.165) is 49.3 Å². The maximum atomic E-state index is 13.0. The molecule has 1 N–H and O–H groups in total. The Morgan fingerprint density at radius 3 is 2.41 bits per heavy atom. The Balaban J connectivity index is 1.70. The average molecular weight is 659 g/mol. The lowest BCUT2D eigenvalue weighted by atomic mass is 10.0. The normalized spacial score (nSPS) is 14.2. The molecule has 0 amide bonds. The highest BCUT2D eigenvalue weighted by Crippen LogP contribution is 2.33. The van der Waals surface area contributed by atoms with Crippen molar-refractivity contribution in [3.05, 3.63) is 62.9 Å². The molecule has 12 heteroatoms. The van der Waals surface area contributed by atoms with Gasteiger partial charge in [0.25, 0.3) is 5.96 Å². The predicted octanol–water partition coefficient (Wildman–Crippen LogP) is 7.92. The van der Waals surface area contributed by atoms with Gasteiger partial charge in [0, 0.05) is 29.2 Å². The molecule has 0 bridgehead atoms. The minimum atomic E-state index is -3.53. The molecule has 0 radical (unpaired) electrons. The van der Waals surface area contributed by atoms with Crippen molar-refractivity contribution in [1.29, 1.82) is 0 Å². The van der Waals surface area contributed by atoms with Crippen LogP contribution < -0.4 is 14.4 Å². The molecule has 44 heavy (non-hydrogen) atoms. The maximum absolute atomic E-state index is 13.0. The summed E-state index contributed by atoms with van der Waals surface area (Å²) in [4.78, 5) is 13.1. The molecule has 0 saturated carbocycles. The molecule has 0 saturated heterocycles. The summed E-state index contributed by atoms with van der Waals surface area (Å²) >= 11 is 8.14. The quantitative estimate of drug-likeness (QED) is 0.167. The third kappa shape index (κ3) is 8.11. The van der Waals surface area contributed by atoms with E-state index in [9.17, 15) is 8.42 Å². The first-order chi connectivity index (χ1) is 21.1. The zero-order valence-corrected chi connectivity index (χ0v) is 28.9. The Labute approximate surface area is 270 Å². The highest BCUT2D eigenvalue weighted by molar-refractivity contribution is 7.92. The average Bonchev–Trinajstić information content (AvgIpc) is 3.70. The summed E-state index contributed by atoms with van der Waals surface area (Å²) < 4.78 is 36.0. The van der Waals surface area contributed by atoms with Crippen LogP contribution in [0.4, 0.5) is 10.7 Å². The number of hydrogen-bond donors (Lipinski definition) is 1. The lowest BCUT2D eigenvalue weighted by Crippen LogP contribution is -2.20. The number of nitrogens with zero attached hydrogens (tertiary/aromatic N) is 5. The van der Waals surface area contributed by atoms with Crippen molar-refractivity contribution >= 4 is 61.4 Å². The second-order valence-corrected chi connectivity index (χ2v) is 14.1. The molecule has 238 valence electrons. The number of aliphatic imine (C=N–C) groups is 2. The van der Waals surface area contributed by atoms with Gasteiger partial charge in [-0.2, -0.15) is 5.10 Å². The van der Waals surface area contributed by atoms with E-state index in [2.05, 4.69) is 47.6 Å². The van der Waals surface area contributed by atoms with E-state index in [1.807, 2.05) is 19.9 Å². The molecular weight excluding hydrogens is 616 g/mol. The third-order valence-corrected chi connectivity index (χ3v) is 10.5. The van der Waals surface area contributed by atoms with Crippen LogP contribution in [0, 0.1) is 13.8 Å². The molecule has 0 unspecified atom stereocenters. The van der Waals surface area contributed by atoms with E-state index >= 15 is 0 Å². The number of aromatic nitrogens is 2. The molecule has 2 aromatic heterocycles. The molecule has 0 spiro atoms. The molecule has 4 rings (SSSR count). The van der Waals surface area contributed by atoms with Crippen LogP contribution in [0.2, 0.25) is 5.02 Å². The van der Waals surface area contributed by atoms with Crippen molar-refractivity contribution in [2.45, 2.75) is 73.1 Å². The van der Waals surface area contributed by atoms with Gasteiger partial charge in [-0.1, -0.05) is 50.6 Å². The number of anilines is 2. The lowest BCUT2D eigenvalue weighted by molar-refractivity contribution is 0.414. The molecule has 0 aliphatic carbocycles. The Bertz CT molecular complexity index is 1650. The summed E-state index contributed by atoms with van der Waals surface area (Å²) in [5.74, 6) is 0.993. The van der Waals surface area contributed by atoms with Gasteiger partial charge < -0.3 is 9.64 Å². The molecule has 0 fully saturated rings. The second kappa shape index (κ2) is 15.2. The maximum Gasteiger partial charge on any atom is 0.252 e. The van der Waals surface area contributed by atoms with Crippen molar-refractivity contribution in [2.24, 2.45) is 9.98 Å². The number of sulfonamides is 1. The number of nitrogens with one attached hydrogen (secondary N) is 1. The fraction of sp³-hybridized carbons (Fsp3) is 0.469. The smallest absolute Gasteiger partial charge is 0.252 e. The van der Waals surface area contributed by atoms with Gasteiger partial charge in [0.05, 0.1) is 40.0 Å². The van der Waals surface area contributed by atoms with E-state index in [1.165, 1.54) is 11.4 Å². The number of aryl methyl sites for hydroxylation is 1. The van der Waals surface area contributed by atoms with E-state index in [0.29, 0.717) is 51.5 Å². The van der Waals surface area contributed by atoms with E-state index in [-0.39, 0.29) is 5.75 Å². The number of methoxy groups -OCH3 is 1. The number of rotatable bonds is 15. The summed E-state index contributed by atoms with van der Waals surface area (Å²) in [5.41, 5.74) is 3.64. The van der Waals surface area contributed by atoms with E-state index < -0.39 is 10.0 Å². The first-order valence-electron chi connectivity index (χ1n) is 15.3. The molecule has 3 heterocycles. The second-order valence-electron chi connectivity index (χ2n) is 10.8. The van der Waals surface area contributed by atoms with Crippen molar-refractivity contribution < 1.29 is 13.2 Å². The number of benzene rings is 1. The topological polar surface area (TPSA) is 101 Å². The Morgan fingerprint density at radius 1 is 1.02 bits per heavy atom. The van der Waals surface area contributed by atoms with Crippen molar-refractivity contribution in [3.8, 4) is 5.75 Å². The third-order valence-electron chi connectivity index (χ3n) is 7.53. The van der Waals surface area contributed by atoms with Crippen LogP contribution in [0.1, 0.15) is 81.1 Å². The Kier molecular flexibility index (Phi) is 11.7. The van der Waals surface area contributed by atoms with E-state index in [1.54, 1.807) is 41.3 Å². The molecule has 1 aliphatic rings. The molecule has 9 nitrogen and oxygen atoms in total. The summed E-state index contributed by atoms with van der Waals surface area (Å²) in [6.07, 6.45) is 8.05. The van der Waals surface area contributed by atoms with Crippen molar-refractivity contribution in [1.82, 2.24) is 9.78 Å². The first kappa shape index (κ1) is 33.7. The fourth-order valence-corrected chi connectivity index (χ4v) is 7.44. The first-order valence-corrected chi connectivity index (χ1v) is 18.1. The zero-order chi connectivity index (χ0) is 31.9. The van der Waals surface area contributed by atoms with Crippen LogP contribution >= 0.6 is 22.9 Å². The molecule has 1 aliphatic heterocycles. The lowest BCUT2D eigenvalue weighted by Gasteiger charge is -2.17. The fourth-order valence-electron chi connectivity index (χ4n) is 5.07. The van der Waals surface area contributed by atoms with Crippen LogP contribution in [0.25, 0.3) is 6.08 Å². The minimum absolute atomic E-state index is 0.0752. The standard InChI is InChI=1S/C32H43ClN6O3S2/c1-7-10-11-12-13-14-19-44(40,41)37-24-15-17-28(42-6)26(20-24)31-27(21-25-16-18-29(43-25)38(8-2)9-3)34-32(35-31)39-23(5)30(33)22(4)36-39/h15-18,20-21,37H,7-14,19H2,1-6H3. The minimum Gasteiger partial charge on any atom is -0.496 e. The number of halogens is 1. The van der Waals surface area contributed by atoms with Gasteiger partial charge in [-0.05, 0) is 70.5 Å². The highest BCUT2D eigenvalue weighted by atomic mass is 35.5. The van der Waals surface area contributed by atoms with Crippen LogP contribution in [-0.4, -0.2) is 55.8 Å².